The standard InChI is InChI=1S/C21H26O6.C6H12O4/c1-11-4-6-15(16(8-11)26-3)13-5-7-14(12(2)9-13)21-20(25)19(24)18(23)17(10-22)27-21;7-2-4-1-5(8)6(9)3-10-4/h4-9,17-25H,10H2,1-3H3;4-9H,1-3H2/t17?,18-,19?,20?,21-;/m1./s1. The number of aliphatic hydroxyl groups is 7. The number of benzene rings is 2. The van der Waals surface area contributed by atoms with E-state index in [0.717, 1.165) is 28.0 Å². The van der Waals surface area contributed by atoms with Crippen LogP contribution in [0.25, 0.3) is 11.1 Å². The van der Waals surface area contributed by atoms with Crippen LogP contribution in [0.2, 0.25) is 0 Å². The van der Waals surface area contributed by atoms with Gasteiger partial charge in [0.25, 0.3) is 0 Å². The number of aryl methyl sites for hydroxylation is 2. The van der Waals surface area contributed by atoms with E-state index >= 15 is 0 Å². The van der Waals surface area contributed by atoms with Crippen LogP contribution in [0, 0.1) is 13.8 Å². The molecule has 0 aromatic heterocycles. The first-order chi connectivity index (χ1) is 17.6. The van der Waals surface area contributed by atoms with Crippen molar-refractivity contribution in [3.8, 4) is 16.9 Å². The van der Waals surface area contributed by atoms with Gasteiger partial charge in [-0.3, -0.25) is 0 Å². The maximum Gasteiger partial charge on any atom is 0.126 e. The lowest BCUT2D eigenvalue weighted by molar-refractivity contribution is -0.231. The summed E-state index contributed by atoms with van der Waals surface area (Å²) in [6.45, 7) is 3.47. The van der Waals surface area contributed by atoms with Crippen LogP contribution in [0.5, 0.6) is 5.75 Å². The molecule has 0 saturated carbocycles. The highest BCUT2D eigenvalue weighted by Crippen LogP contribution is 2.37. The molecule has 2 aromatic rings. The third kappa shape index (κ3) is 6.85. The number of hydrogen-bond donors (Lipinski definition) is 7. The van der Waals surface area contributed by atoms with Gasteiger partial charge in [-0.05, 0) is 42.2 Å². The molecular weight excluding hydrogens is 484 g/mol. The minimum absolute atomic E-state index is 0.0935. The van der Waals surface area contributed by atoms with Crippen molar-refractivity contribution in [1.29, 1.82) is 0 Å². The topological polar surface area (TPSA) is 169 Å². The zero-order chi connectivity index (χ0) is 27.3. The molecule has 2 heterocycles. The Kier molecular flexibility index (Phi) is 10.4. The summed E-state index contributed by atoms with van der Waals surface area (Å²) in [7, 11) is 1.63. The lowest BCUT2D eigenvalue weighted by Gasteiger charge is -2.40. The maximum absolute atomic E-state index is 10.4. The molecule has 0 spiro atoms. The number of hydrogen-bond acceptors (Lipinski definition) is 10. The summed E-state index contributed by atoms with van der Waals surface area (Å²) in [6, 6.07) is 11.7. The zero-order valence-corrected chi connectivity index (χ0v) is 21.3. The summed E-state index contributed by atoms with van der Waals surface area (Å²) in [4.78, 5) is 0. The fourth-order valence-corrected chi connectivity index (χ4v) is 4.53. The summed E-state index contributed by atoms with van der Waals surface area (Å²) in [5, 5.41) is 66.3. The Morgan fingerprint density at radius 2 is 1.59 bits per heavy atom. The molecule has 0 aliphatic carbocycles. The third-order valence-electron chi connectivity index (χ3n) is 6.79. The van der Waals surface area contributed by atoms with Crippen molar-refractivity contribution in [2.75, 3.05) is 26.9 Å². The van der Waals surface area contributed by atoms with E-state index in [9.17, 15) is 20.4 Å². The average Bonchev–Trinajstić information content (AvgIpc) is 2.89. The van der Waals surface area contributed by atoms with Gasteiger partial charge in [-0.2, -0.15) is 0 Å². The lowest BCUT2D eigenvalue weighted by Crippen LogP contribution is -2.55. The van der Waals surface area contributed by atoms with E-state index in [-0.39, 0.29) is 19.3 Å². The fourth-order valence-electron chi connectivity index (χ4n) is 4.53. The molecule has 37 heavy (non-hydrogen) atoms. The van der Waals surface area contributed by atoms with Gasteiger partial charge in [-0.1, -0.05) is 30.3 Å². The molecule has 7 N–H and O–H groups in total. The molecule has 2 fully saturated rings. The molecule has 0 bridgehead atoms. The van der Waals surface area contributed by atoms with Crippen molar-refractivity contribution >= 4 is 0 Å². The Bertz CT molecular complexity index is 1010. The Balaban J connectivity index is 0.000000319. The first-order valence-electron chi connectivity index (χ1n) is 12.3. The number of methoxy groups -OCH3 is 1. The van der Waals surface area contributed by atoms with E-state index in [1.807, 2.05) is 50.2 Å². The SMILES string of the molecule is COc1cc(C)ccc1-c1ccc([C@H]2OC(CO)[C@@H](O)C(O)C2O)c(C)c1.OCC1CC(O)C(O)CO1. The predicted octanol–water partition coefficient (Wildman–Crippen LogP) is -0.0167. The number of ether oxygens (including phenoxy) is 3. The molecule has 4 rings (SSSR count). The van der Waals surface area contributed by atoms with Gasteiger partial charge >= 0.3 is 0 Å². The third-order valence-corrected chi connectivity index (χ3v) is 6.79. The molecule has 10 heteroatoms. The van der Waals surface area contributed by atoms with Gasteiger partial charge in [0.1, 0.15) is 42.4 Å². The van der Waals surface area contributed by atoms with Crippen LogP contribution >= 0.6 is 0 Å². The van der Waals surface area contributed by atoms with Crippen molar-refractivity contribution in [2.24, 2.45) is 0 Å². The largest absolute Gasteiger partial charge is 0.496 e. The second kappa shape index (κ2) is 13.1. The molecule has 2 aliphatic rings. The van der Waals surface area contributed by atoms with Gasteiger partial charge in [-0.15, -0.1) is 0 Å². The van der Waals surface area contributed by atoms with Crippen LogP contribution < -0.4 is 4.74 Å². The molecule has 10 nitrogen and oxygen atoms in total. The molecule has 2 aromatic carbocycles. The summed E-state index contributed by atoms with van der Waals surface area (Å²) in [5.74, 6) is 0.773. The van der Waals surface area contributed by atoms with Crippen molar-refractivity contribution in [3.05, 3.63) is 53.1 Å². The Labute approximate surface area is 216 Å². The normalized spacial score (nSPS) is 31.8. The first-order valence-corrected chi connectivity index (χ1v) is 12.3. The highest BCUT2D eigenvalue weighted by molar-refractivity contribution is 5.72. The smallest absolute Gasteiger partial charge is 0.126 e. The van der Waals surface area contributed by atoms with Crippen molar-refractivity contribution in [1.82, 2.24) is 0 Å². The van der Waals surface area contributed by atoms with Gasteiger partial charge in [0.2, 0.25) is 0 Å². The van der Waals surface area contributed by atoms with Crippen LogP contribution in [0.4, 0.5) is 0 Å². The van der Waals surface area contributed by atoms with Crippen molar-refractivity contribution in [3.63, 3.8) is 0 Å². The average molecular weight is 523 g/mol. The maximum atomic E-state index is 10.4. The predicted molar refractivity (Wildman–Crippen MR) is 134 cm³/mol. The molecule has 2 aliphatic heterocycles. The van der Waals surface area contributed by atoms with Crippen molar-refractivity contribution < 1.29 is 50.0 Å². The quantitative estimate of drug-likeness (QED) is 0.283. The van der Waals surface area contributed by atoms with Crippen LogP contribution in [0.3, 0.4) is 0 Å². The second-order valence-electron chi connectivity index (χ2n) is 9.53. The van der Waals surface area contributed by atoms with E-state index in [0.29, 0.717) is 12.0 Å². The van der Waals surface area contributed by atoms with E-state index in [2.05, 4.69) is 0 Å². The van der Waals surface area contributed by atoms with Gasteiger partial charge in [0, 0.05) is 12.0 Å². The van der Waals surface area contributed by atoms with Crippen LogP contribution in [-0.2, 0) is 9.47 Å². The van der Waals surface area contributed by atoms with Gasteiger partial charge < -0.3 is 50.0 Å². The number of rotatable bonds is 5. The Morgan fingerprint density at radius 1 is 0.865 bits per heavy atom. The zero-order valence-electron chi connectivity index (χ0n) is 21.3. The van der Waals surface area contributed by atoms with E-state index in [1.165, 1.54) is 0 Å². The molecule has 0 amide bonds. The highest BCUT2D eigenvalue weighted by atomic mass is 16.5. The Hall–Kier alpha value is -2.12. The lowest BCUT2D eigenvalue weighted by atomic mass is 9.88. The summed E-state index contributed by atoms with van der Waals surface area (Å²) in [6.07, 6.45) is -7.33. The van der Waals surface area contributed by atoms with Crippen LogP contribution in [0.15, 0.2) is 36.4 Å². The summed E-state index contributed by atoms with van der Waals surface area (Å²) >= 11 is 0. The van der Waals surface area contributed by atoms with E-state index < -0.39 is 49.3 Å². The van der Waals surface area contributed by atoms with Crippen LogP contribution in [0.1, 0.15) is 29.2 Å². The Morgan fingerprint density at radius 3 is 2.19 bits per heavy atom. The highest BCUT2D eigenvalue weighted by Gasteiger charge is 2.44. The minimum Gasteiger partial charge on any atom is -0.496 e. The molecule has 206 valence electrons. The van der Waals surface area contributed by atoms with Crippen molar-refractivity contribution in [2.45, 2.75) is 69.1 Å². The van der Waals surface area contributed by atoms with E-state index in [4.69, 9.17) is 29.5 Å². The number of aliphatic hydroxyl groups excluding tert-OH is 7. The molecule has 0 radical (unpaired) electrons. The second-order valence-corrected chi connectivity index (χ2v) is 9.53. The van der Waals surface area contributed by atoms with Gasteiger partial charge in [0.15, 0.2) is 0 Å². The van der Waals surface area contributed by atoms with E-state index in [1.54, 1.807) is 7.11 Å². The molecule has 6 unspecified atom stereocenters. The molecular formula is C27H38O10. The van der Waals surface area contributed by atoms with Gasteiger partial charge in [0.05, 0.1) is 39.1 Å². The summed E-state index contributed by atoms with van der Waals surface area (Å²) in [5.41, 5.74) is 4.57. The monoisotopic (exact) mass is 522 g/mol. The molecule has 8 atom stereocenters. The molecule has 2 saturated heterocycles. The minimum atomic E-state index is -1.39. The fraction of sp³-hybridized carbons (Fsp3) is 0.556. The van der Waals surface area contributed by atoms with Gasteiger partial charge in [-0.25, -0.2) is 0 Å². The van der Waals surface area contributed by atoms with Crippen LogP contribution in [-0.4, -0.2) is 105 Å². The summed E-state index contributed by atoms with van der Waals surface area (Å²) < 4.78 is 16.1. The first kappa shape index (κ1) is 29.4.